The summed E-state index contributed by atoms with van der Waals surface area (Å²) in [5.74, 6) is 0.934. The van der Waals surface area contributed by atoms with Gasteiger partial charge in [-0.2, -0.15) is 5.10 Å². The third kappa shape index (κ3) is 3.16. The van der Waals surface area contributed by atoms with Gasteiger partial charge in [0.05, 0.1) is 30.8 Å². The maximum atomic E-state index is 12.3. The van der Waals surface area contributed by atoms with E-state index in [4.69, 9.17) is 9.47 Å². The van der Waals surface area contributed by atoms with Gasteiger partial charge >= 0.3 is 0 Å². The highest BCUT2D eigenvalue weighted by Gasteiger charge is 2.14. The SMILES string of the molecule is CCOc1cc(C(=O)Nc2c(C)n[nH]c2C)ccc1OC. The third-order valence-corrected chi connectivity index (χ3v) is 3.09. The van der Waals surface area contributed by atoms with Gasteiger partial charge in [0.2, 0.25) is 0 Å². The van der Waals surface area contributed by atoms with E-state index in [0.717, 1.165) is 11.4 Å². The number of nitrogens with one attached hydrogen (secondary N) is 2. The van der Waals surface area contributed by atoms with Crippen LogP contribution in [0.4, 0.5) is 5.69 Å². The van der Waals surface area contributed by atoms with E-state index in [1.54, 1.807) is 25.3 Å². The van der Waals surface area contributed by atoms with Crippen LogP contribution in [-0.4, -0.2) is 29.8 Å². The van der Waals surface area contributed by atoms with Gasteiger partial charge in [0, 0.05) is 5.56 Å². The van der Waals surface area contributed by atoms with E-state index >= 15 is 0 Å². The highest BCUT2D eigenvalue weighted by atomic mass is 16.5. The lowest BCUT2D eigenvalue weighted by Crippen LogP contribution is -2.13. The number of rotatable bonds is 5. The average Bonchev–Trinajstić information content (AvgIpc) is 2.79. The van der Waals surface area contributed by atoms with Gasteiger partial charge in [0.25, 0.3) is 5.91 Å². The van der Waals surface area contributed by atoms with Crippen molar-refractivity contribution in [1.82, 2.24) is 10.2 Å². The van der Waals surface area contributed by atoms with Crippen LogP contribution in [0.2, 0.25) is 0 Å². The Labute approximate surface area is 123 Å². The number of hydrogen-bond donors (Lipinski definition) is 2. The second-order valence-corrected chi connectivity index (χ2v) is 4.56. The lowest BCUT2D eigenvalue weighted by molar-refractivity contribution is 0.102. The fourth-order valence-corrected chi connectivity index (χ4v) is 2.01. The Kier molecular flexibility index (Phi) is 4.47. The summed E-state index contributed by atoms with van der Waals surface area (Å²) in [7, 11) is 1.57. The predicted octanol–water partition coefficient (Wildman–Crippen LogP) is 2.69. The van der Waals surface area contributed by atoms with E-state index in [1.807, 2.05) is 20.8 Å². The number of benzene rings is 1. The van der Waals surface area contributed by atoms with Crippen molar-refractivity contribution in [3.63, 3.8) is 0 Å². The van der Waals surface area contributed by atoms with E-state index in [2.05, 4.69) is 15.5 Å². The van der Waals surface area contributed by atoms with Gasteiger partial charge in [-0.3, -0.25) is 9.89 Å². The number of methoxy groups -OCH3 is 1. The van der Waals surface area contributed by atoms with E-state index in [0.29, 0.717) is 29.4 Å². The molecule has 1 amide bonds. The van der Waals surface area contributed by atoms with E-state index in [1.165, 1.54) is 0 Å². The number of H-pyrrole nitrogens is 1. The van der Waals surface area contributed by atoms with Crippen LogP contribution in [0.1, 0.15) is 28.7 Å². The summed E-state index contributed by atoms with van der Waals surface area (Å²) >= 11 is 0. The van der Waals surface area contributed by atoms with Crippen LogP contribution in [0.3, 0.4) is 0 Å². The van der Waals surface area contributed by atoms with Crippen LogP contribution in [-0.2, 0) is 0 Å². The topological polar surface area (TPSA) is 76.2 Å². The Balaban J connectivity index is 2.25. The molecule has 2 rings (SSSR count). The summed E-state index contributed by atoms with van der Waals surface area (Å²) in [4.78, 5) is 12.3. The fourth-order valence-electron chi connectivity index (χ4n) is 2.01. The first kappa shape index (κ1) is 14.9. The Hall–Kier alpha value is -2.50. The molecule has 0 aliphatic carbocycles. The van der Waals surface area contributed by atoms with E-state index in [9.17, 15) is 4.79 Å². The minimum atomic E-state index is -0.216. The van der Waals surface area contributed by atoms with Gasteiger partial charge in [-0.05, 0) is 39.0 Å². The molecule has 0 atom stereocenters. The molecule has 0 spiro atoms. The molecule has 0 unspecified atom stereocenters. The highest BCUT2D eigenvalue weighted by Crippen LogP contribution is 2.28. The van der Waals surface area contributed by atoms with Crippen LogP contribution in [0.25, 0.3) is 0 Å². The number of aromatic nitrogens is 2. The smallest absolute Gasteiger partial charge is 0.255 e. The molecule has 6 heteroatoms. The Morgan fingerprint density at radius 2 is 2.10 bits per heavy atom. The average molecular weight is 289 g/mol. The zero-order valence-electron chi connectivity index (χ0n) is 12.6. The zero-order chi connectivity index (χ0) is 15.4. The summed E-state index contributed by atoms with van der Waals surface area (Å²) in [6.07, 6.45) is 0. The molecule has 0 saturated carbocycles. The van der Waals surface area contributed by atoms with Crippen molar-refractivity contribution in [2.45, 2.75) is 20.8 Å². The molecule has 1 heterocycles. The first-order valence-corrected chi connectivity index (χ1v) is 6.70. The quantitative estimate of drug-likeness (QED) is 0.887. The molecule has 0 radical (unpaired) electrons. The summed E-state index contributed by atoms with van der Waals surface area (Å²) in [5, 5.41) is 9.74. The van der Waals surface area contributed by atoms with Gasteiger partial charge in [-0.25, -0.2) is 0 Å². The summed E-state index contributed by atoms with van der Waals surface area (Å²) in [6.45, 7) is 6.07. The van der Waals surface area contributed by atoms with Crippen LogP contribution >= 0.6 is 0 Å². The second kappa shape index (κ2) is 6.30. The number of anilines is 1. The van der Waals surface area contributed by atoms with Crippen LogP contribution in [0.5, 0.6) is 11.5 Å². The van der Waals surface area contributed by atoms with Crippen molar-refractivity contribution in [2.24, 2.45) is 0 Å². The van der Waals surface area contributed by atoms with Crippen molar-refractivity contribution >= 4 is 11.6 Å². The Bertz CT molecular complexity index is 630. The lowest BCUT2D eigenvalue weighted by atomic mass is 10.1. The normalized spacial score (nSPS) is 10.3. The number of aromatic amines is 1. The number of aryl methyl sites for hydroxylation is 2. The Morgan fingerprint density at radius 1 is 1.33 bits per heavy atom. The molecular weight excluding hydrogens is 270 g/mol. The first-order valence-electron chi connectivity index (χ1n) is 6.70. The van der Waals surface area contributed by atoms with Gasteiger partial charge in [-0.15, -0.1) is 0 Å². The number of ether oxygens (including phenoxy) is 2. The molecule has 0 saturated heterocycles. The molecule has 0 aliphatic rings. The summed E-state index contributed by atoms with van der Waals surface area (Å²) in [6, 6.07) is 5.08. The second-order valence-electron chi connectivity index (χ2n) is 4.56. The van der Waals surface area contributed by atoms with Crippen LogP contribution < -0.4 is 14.8 Å². The van der Waals surface area contributed by atoms with E-state index < -0.39 is 0 Å². The van der Waals surface area contributed by atoms with Gasteiger partial charge < -0.3 is 14.8 Å². The summed E-state index contributed by atoms with van der Waals surface area (Å²) in [5.41, 5.74) is 2.77. The Morgan fingerprint density at radius 3 is 2.67 bits per heavy atom. The standard InChI is InChI=1S/C15H19N3O3/c1-5-21-13-8-11(6-7-12(13)20-4)15(19)16-14-9(2)17-18-10(14)3/h6-8H,5H2,1-4H3,(H,16,19)(H,17,18). The van der Waals surface area contributed by atoms with Crippen LogP contribution in [0.15, 0.2) is 18.2 Å². The molecule has 6 nitrogen and oxygen atoms in total. The number of nitrogens with zero attached hydrogens (tertiary/aromatic N) is 1. The monoisotopic (exact) mass is 289 g/mol. The van der Waals surface area contributed by atoms with Crippen molar-refractivity contribution in [1.29, 1.82) is 0 Å². The minimum Gasteiger partial charge on any atom is -0.493 e. The largest absolute Gasteiger partial charge is 0.493 e. The molecule has 1 aromatic heterocycles. The van der Waals surface area contributed by atoms with Crippen molar-refractivity contribution in [2.75, 3.05) is 19.0 Å². The van der Waals surface area contributed by atoms with Crippen LogP contribution in [0, 0.1) is 13.8 Å². The maximum Gasteiger partial charge on any atom is 0.255 e. The molecule has 0 fully saturated rings. The molecule has 21 heavy (non-hydrogen) atoms. The lowest BCUT2D eigenvalue weighted by Gasteiger charge is -2.11. The number of carbonyl (C=O) groups excluding carboxylic acids is 1. The number of carbonyl (C=O) groups is 1. The molecule has 2 N–H and O–H groups in total. The van der Waals surface area contributed by atoms with Crippen molar-refractivity contribution in [3.05, 3.63) is 35.2 Å². The molecular formula is C15H19N3O3. The van der Waals surface area contributed by atoms with Gasteiger partial charge in [0.15, 0.2) is 11.5 Å². The number of amides is 1. The minimum absolute atomic E-state index is 0.216. The van der Waals surface area contributed by atoms with Crippen molar-refractivity contribution < 1.29 is 14.3 Å². The zero-order valence-corrected chi connectivity index (χ0v) is 12.6. The predicted molar refractivity (Wildman–Crippen MR) is 80.2 cm³/mol. The van der Waals surface area contributed by atoms with Gasteiger partial charge in [-0.1, -0.05) is 0 Å². The highest BCUT2D eigenvalue weighted by molar-refractivity contribution is 6.05. The van der Waals surface area contributed by atoms with Crippen molar-refractivity contribution in [3.8, 4) is 11.5 Å². The molecule has 2 aromatic rings. The van der Waals surface area contributed by atoms with E-state index in [-0.39, 0.29) is 5.91 Å². The summed E-state index contributed by atoms with van der Waals surface area (Å²) < 4.78 is 10.7. The molecule has 112 valence electrons. The molecule has 0 bridgehead atoms. The number of hydrogen-bond acceptors (Lipinski definition) is 4. The molecule has 1 aromatic carbocycles. The van der Waals surface area contributed by atoms with Gasteiger partial charge in [0.1, 0.15) is 0 Å². The fraction of sp³-hybridized carbons (Fsp3) is 0.333. The maximum absolute atomic E-state index is 12.3. The molecule has 0 aliphatic heterocycles. The third-order valence-electron chi connectivity index (χ3n) is 3.09. The first-order chi connectivity index (χ1) is 10.1.